The summed E-state index contributed by atoms with van der Waals surface area (Å²) in [5.74, 6) is -0.682. The van der Waals surface area contributed by atoms with Crippen LogP contribution in [0.25, 0.3) is 0 Å². The second-order valence-corrected chi connectivity index (χ2v) is 3.72. The van der Waals surface area contributed by atoms with Crippen molar-refractivity contribution in [2.45, 2.75) is 6.54 Å². The first-order valence-electron chi connectivity index (χ1n) is 5.04. The maximum Gasteiger partial charge on any atom is 0.307 e. The van der Waals surface area contributed by atoms with Gasteiger partial charge in [0.05, 0.1) is 11.5 Å². The normalized spacial score (nSPS) is 9.89. The Hall–Kier alpha value is -2.45. The molecule has 0 aliphatic carbocycles. The van der Waals surface area contributed by atoms with Gasteiger partial charge in [-0.1, -0.05) is 0 Å². The van der Waals surface area contributed by atoms with E-state index in [1.54, 1.807) is 14.1 Å². The molecule has 2 amide bonds. The van der Waals surface area contributed by atoms with Gasteiger partial charge >= 0.3 is 5.69 Å². The summed E-state index contributed by atoms with van der Waals surface area (Å²) in [7, 11) is 3.15. The van der Waals surface area contributed by atoms with Gasteiger partial charge in [0.2, 0.25) is 11.8 Å². The van der Waals surface area contributed by atoms with Crippen LogP contribution in [0.3, 0.4) is 0 Å². The minimum Gasteiger partial charge on any atom is -0.347 e. The molecule has 98 valence electrons. The zero-order valence-electron chi connectivity index (χ0n) is 9.99. The van der Waals surface area contributed by atoms with E-state index in [1.165, 1.54) is 4.90 Å². The van der Waals surface area contributed by atoms with E-state index >= 15 is 0 Å². The SMILES string of the molecule is CN(C)C(=O)CNC(=O)Cn1cc([N+](=O)[O-])cn1. The number of nitro groups is 1. The molecule has 1 N–H and O–H groups in total. The Kier molecular flexibility index (Phi) is 4.35. The highest BCUT2D eigenvalue weighted by atomic mass is 16.6. The van der Waals surface area contributed by atoms with Crippen molar-refractivity contribution in [3.8, 4) is 0 Å². The van der Waals surface area contributed by atoms with Gasteiger partial charge in [-0.05, 0) is 0 Å². The fourth-order valence-electron chi connectivity index (χ4n) is 1.07. The highest BCUT2D eigenvalue weighted by molar-refractivity contribution is 5.84. The maximum absolute atomic E-state index is 11.4. The Bertz CT molecular complexity index is 467. The molecule has 0 bridgehead atoms. The first-order valence-corrected chi connectivity index (χ1v) is 5.04. The lowest BCUT2D eigenvalue weighted by Crippen LogP contribution is -2.37. The van der Waals surface area contributed by atoms with Gasteiger partial charge in [0, 0.05) is 14.1 Å². The summed E-state index contributed by atoms with van der Waals surface area (Å²) in [5, 5.41) is 16.4. The van der Waals surface area contributed by atoms with Gasteiger partial charge in [-0.15, -0.1) is 0 Å². The zero-order valence-corrected chi connectivity index (χ0v) is 9.99. The van der Waals surface area contributed by atoms with Crippen molar-refractivity contribution < 1.29 is 14.5 Å². The minimum atomic E-state index is -0.600. The van der Waals surface area contributed by atoms with Crippen molar-refractivity contribution in [1.29, 1.82) is 0 Å². The summed E-state index contributed by atoms with van der Waals surface area (Å²) >= 11 is 0. The number of nitrogens with one attached hydrogen (secondary N) is 1. The van der Waals surface area contributed by atoms with Crippen LogP contribution >= 0.6 is 0 Å². The molecule has 9 heteroatoms. The van der Waals surface area contributed by atoms with E-state index in [9.17, 15) is 19.7 Å². The number of hydrogen-bond acceptors (Lipinski definition) is 5. The first-order chi connectivity index (χ1) is 8.40. The van der Waals surface area contributed by atoms with Gasteiger partial charge in [-0.2, -0.15) is 5.10 Å². The molecule has 1 rings (SSSR count). The van der Waals surface area contributed by atoms with Crippen LogP contribution in [-0.4, -0.2) is 52.1 Å². The van der Waals surface area contributed by atoms with Gasteiger partial charge in [-0.25, -0.2) is 0 Å². The summed E-state index contributed by atoms with van der Waals surface area (Å²) in [5.41, 5.74) is -0.188. The van der Waals surface area contributed by atoms with E-state index in [0.29, 0.717) is 0 Å². The van der Waals surface area contributed by atoms with Crippen LogP contribution in [0.15, 0.2) is 12.4 Å². The highest BCUT2D eigenvalue weighted by Crippen LogP contribution is 2.07. The molecule has 0 aliphatic rings. The number of aromatic nitrogens is 2. The standard InChI is InChI=1S/C9H13N5O4/c1-12(2)9(16)4-10-8(15)6-13-5-7(3-11-13)14(17)18/h3,5H,4,6H2,1-2H3,(H,10,15). The molecular weight excluding hydrogens is 242 g/mol. The van der Waals surface area contributed by atoms with Gasteiger partial charge in [0.25, 0.3) is 0 Å². The van der Waals surface area contributed by atoms with Crippen LogP contribution in [0.1, 0.15) is 0 Å². The van der Waals surface area contributed by atoms with Crippen molar-refractivity contribution in [1.82, 2.24) is 20.0 Å². The predicted octanol–water partition coefficient (Wildman–Crippen LogP) is -1.00. The van der Waals surface area contributed by atoms with Crippen molar-refractivity contribution in [2.24, 2.45) is 0 Å². The lowest BCUT2D eigenvalue weighted by molar-refractivity contribution is -0.385. The van der Waals surface area contributed by atoms with Crippen LogP contribution in [0.4, 0.5) is 5.69 Å². The van der Waals surface area contributed by atoms with Crippen molar-refractivity contribution in [3.63, 3.8) is 0 Å². The predicted molar refractivity (Wildman–Crippen MR) is 60.6 cm³/mol. The van der Waals surface area contributed by atoms with E-state index in [2.05, 4.69) is 10.4 Å². The van der Waals surface area contributed by atoms with Crippen LogP contribution in [0.5, 0.6) is 0 Å². The average molecular weight is 255 g/mol. The Labute approximate surface area is 103 Å². The second-order valence-electron chi connectivity index (χ2n) is 3.72. The average Bonchev–Trinajstić information content (AvgIpc) is 2.74. The van der Waals surface area contributed by atoms with Gasteiger partial charge in [0.15, 0.2) is 0 Å². The molecule has 0 atom stereocenters. The van der Waals surface area contributed by atoms with E-state index in [-0.39, 0.29) is 24.7 Å². The fourth-order valence-corrected chi connectivity index (χ4v) is 1.07. The first kappa shape index (κ1) is 13.6. The molecule has 1 heterocycles. The summed E-state index contributed by atoms with van der Waals surface area (Å²) < 4.78 is 1.13. The lowest BCUT2D eigenvalue weighted by atomic mass is 10.5. The molecule has 0 unspecified atom stereocenters. The van der Waals surface area contributed by atoms with E-state index in [1.807, 2.05) is 0 Å². The molecule has 1 aromatic heterocycles. The molecule has 0 fully saturated rings. The smallest absolute Gasteiger partial charge is 0.307 e. The molecule has 0 saturated heterocycles. The zero-order chi connectivity index (χ0) is 13.7. The summed E-state index contributed by atoms with van der Waals surface area (Å²) in [4.78, 5) is 33.7. The van der Waals surface area contributed by atoms with E-state index in [4.69, 9.17) is 0 Å². The molecule has 0 radical (unpaired) electrons. The molecule has 0 aromatic carbocycles. The van der Waals surface area contributed by atoms with Crippen molar-refractivity contribution >= 4 is 17.5 Å². The van der Waals surface area contributed by atoms with Crippen molar-refractivity contribution in [2.75, 3.05) is 20.6 Å². The molecule has 18 heavy (non-hydrogen) atoms. The van der Waals surface area contributed by atoms with Crippen LogP contribution in [-0.2, 0) is 16.1 Å². The number of carbonyl (C=O) groups excluding carboxylic acids is 2. The number of amides is 2. The lowest BCUT2D eigenvalue weighted by Gasteiger charge is -2.10. The number of carbonyl (C=O) groups is 2. The highest BCUT2D eigenvalue weighted by Gasteiger charge is 2.12. The quantitative estimate of drug-likeness (QED) is 0.535. The van der Waals surface area contributed by atoms with Gasteiger partial charge in [-0.3, -0.25) is 24.4 Å². The molecular formula is C9H13N5O4. The second kappa shape index (κ2) is 5.75. The largest absolute Gasteiger partial charge is 0.347 e. The third kappa shape index (κ3) is 3.85. The van der Waals surface area contributed by atoms with Crippen LogP contribution < -0.4 is 5.32 Å². The number of hydrogen-bond donors (Lipinski definition) is 1. The summed E-state index contributed by atoms with van der Waals surface area (Å²) in [6.45, 7) is -0.288. The third-order valence-corrected chi connectivity index (χ3v) is 2.07. The van der Waals surface area contributed by atoms with Crippen LogP contribution in [0, 0.1) is 10.1 Å². The molecule has 0 aliphatic heterocycles. The van der Waals surface area contributed by atoms with Gasteiger partial charge in [0.1, 0.15) is 18.9 Å². The molecule has 1 aromatic rings. The van der Waals surface area contributed by atoms with E-state index in [0.717, 1.165) is 17.1 Å². The number of likely N-dealkylation sites (N-methyl/N-ethyl adjacent to an activating group) is 1. The maximum atomic E-state index is 11.4. The number of rotatable bonds is 5. The fraction of sp³-hybridized carbons (Fsp3) is 0.444. The molecule has 9 nitrogen and oxygen atoms in total. The Balaban J connectivity index is 2.44. The Morgan fingerprint density at radius 2 is 2.22 bits per heavy atom. The van der Waals surface area contributed by atoms with Crippen LogP contribution in [0.2, 0.25) is 0 Å². The number of nitrogens with zero attached hydrogens (tertiary/aromatic N) is 4. The minimum absolute atomic E-state index is 0.116. The Morgan fingerprint density at radius 1 is 1.56 bits per heavy atom. The monoisotopic (exact) mass is 255 g/mol. The summed E-state index contributed by atoms with van der Waals surface area (Å²) in [6, 6.07) is 0. The Morgan fingerprint density at radius 3 is 2.72 bits per heavy atom. The van der Waals surface area contributed by atoms with E-state index < -0.39 is 10.8 Å². The molecule has 0 spiro atoms. The molecule has 0 saturated carbocycles. The van der Waals surface area contributed by atoms with Crippen molar-refractivity contribution in [3.05, 3.63) is 22.5 Å². The topological polar surface area (TPSA) is 110 Å². The van der Waals surface area contributed by atoms with Gasteiger partial charge < -0.3 is 10.2 Å². The summed E-state index contributed by atoms with van der Waals surface area (Å²) in [6.07, 6.45) is 2.20. The third-order valence-electron chi connectivity index (χ3n) is 2.07.